The Morgan fingerprint density at radius 2 is 1.71 bits per heavy atom. The summed E-state index contributed by atoms with van der Waals surface area (Å²) in [5.41, 5.74) is 4.46. The summed E-state index contributed by atoms with van der Waals surface area (Å²) < 4.78 is 1.39. The maximum absolute atomic E-state index is 12.2. The molecule has 128 valence electrons. The predicted molar refractivity (Wildman–Crippen MR) is 99.5 cm³/mol. The number of hydrogen-bond acceptors (Lipinski definition) is 4. The van der Waals surface area contributed by atoms with Crippen molar-refractivity contribution < 1.29 is 0 Å². The Kier molecular flexibility index (Phi) is 4.81. The van der Waals surface area contributed by atoms with Crippen molar-refractivity contribution in [2.45, 2.75) is 27.3 Å². The van der Waals surface area contributed by atoms with Crippen LogP contribution in [0.25, 0.3) is 0 Å². The Labute approximate surface area is 147 Å². The van der Waals surface area contributed by atoms with Gasteiger partial charge in [-0.25, -0.2) is 4.68 Å². The van der Waals surface area contributed by atoms with Crippen LogP contribution in [0.5, 0.6) is 0 Å². The molecule has 1 aliphatic rings. The van der Waals surface area contributed by atoms with E-state index in [0.29, 0.717) is 6.54 Å². The SMILES string of the molecule is CCn1ncc(N2CCN(c3cccc(C)c3C)CC2)c(Cl)c1=O. The molecule has 1 aromatic carbocycles. The van der Waals surface area contributed by atoms with E-state index in [1.54, 1.807) is 6.20 Å². The second-order valence-electron chi connectivity index (χ2n) is 6.16. The summed E-state index contributed by atoms with van der Waals surface area (Å²) in [7, 11) is 0. The van der Waals surface area contributed by atoms with Crippen LogP contribution < -0.4 is 15.4 Å². The van der Waals surface area contributed by atoms with Crippen LogP contribution in [0.15, 0.2) is 29.2 Å². The second kappa shape index (κ2) is 6.85. The van der Waals surface area contributed by atoms with Gasteiger partial charge in [0.05, 0.1) is 11.9 Å². The molecule has 0 bridgehead atoms. The van der Waals surface area contributed by atoms with Gasteiger partial charge in [-0.05, 0) is 38.0 Å². The molecule has 24 heavy (non-hydrogen) atoms. The molecule has 0 N–H and O–H groups in total. The lowest BCUT2D eigenvalue weighted by atomic mass is 10.1. The van der Waals surface area contributed by atoms with Gasteiger partial charge < -0.3 is 9.80 Å². The zero-order chi connectivity index (χ0) is 17.3. The molecule has 1 aliphatic heterocycles. The van der Waals surface area contributed by atoms with E-state index in [1.165, 1.54) is 21.5 Å². The Hall–Kier alpha value is -2.01. The van der Waals surface area contributed by atoms with Crippen LogP contribution in [0.1, 0.15) is 18.1 Å². The van der Waals surface area contributed by atoms with E-state index in [0.717, 1.165) is 31.9 Å². The minimum absolute atomic E-state index is 0.214. The van der Waals surface area contributed by atoms with E-state index < -0.39 is 0 Å². The maximum atomic E-state index is 12.2. The molecular weight excluding hydrogens is 324 g/mol. The maximum Gasteiger partial charge on any atom is 0.287 e. The highest BCUT2D eigenvalue weighted by Crippen LogP contribution is 2.27. The summed E-state index contributed by atoms with van der Waals surface area (Å²) in [6.07, 6.45) is 1.71. The molecule has 3 rings (SSSR count). The summed E-state index contributed by atoms with van der Waals surface area (Å²) in [6, 6.07) is 6.42. The number of benzene rings is 1. The average Bonchev–Trinajstić information content (AvgIpc) is 2.60. The van der Waals surface area contributed by atoms with Gasteiger partial charge in [-0.2, -0.15) is 5.10 Å². The van der Waals surface area contributed by atoms with Gasteiger partial charge in [0.1, 0.15) is 5.02 Å². The molecule has 5 nitrogen and oxygen atoms in total. The van der Waals surface area contributed by atoms with Crippen LogP contribution in [0.2, 0.25) is 5.02 Å². The van der Waals surface area contributed by atoms with Crippen LogP contribution in [-0.2, 0) is 6.54 Å². The van der Waals surface area contributed by atoms with Gasteiger partial charge in [-0.1, -0.05) is 23.7 Å². The van der Waals surface area contributed by atoms with Crippen molar-refractivity contribution in [1.29, 1.82) is 0 Å². The molecule has 0 radical (unpaired) electrons. The van der Waals surface area contributed by atoms with Gasteiger partial charge >= 0.3 is 0 Å². The highest BCUT2D eigenvalue weighted by atomic mass is 35.5. The molecule has 0 amide bonds. The molecule has 2 heterocycles. The lowest BCUT2D eigenvalue weighted by molar-refractivity contribution is 0.606. The molecule has 0 aliphatic carbocycles. The van der Waals surface area contributed by atoms with Gasteiger partial charge in [0.15, 0.2) is 0 Å². The van der Waals surface area contributed by atoms with Crippen LogP contribution in [0, 0.1) is 13.8 Å². The van der Waals surface area contributed by atoms with Crippen LogP contribution in [-0.4, -0.2) is 36.0 Å². The quantitative estimate of drug-likeness (QED) is 0.857. The molecule has 6 heteroatoms. The van der Waals surface area contributed by atoms with Crippen molar-refractivity contribution >= 4 is 23.0 Å². The van der Waals surface area contributed by atoms with E-state index in [4.69, 9.17) is 11.6 Å². The Morgan fingerprint density at radius 1 is 1.08 bits per heavy atom. The van der Waals surface area contributed by atoms with Gasteiger partial charge in [0.25, 0.3) is 5.56 Å². The van der Waals surface area contributed by atoms with Crippen molar-refractivity contribution in [3.8, 4) is 0 Å². The van der Waals surface area contributed by atoms with Crippen molar-refractivity contribution in [2.24, 2.45) is 0 Å². The molecule has 1 fully saturated rings. The predicted octanol–water partition coefficient (Wildman–Crippen LogP) is 2.86. The second-order valence-corrected chi connectivity index (χ2v) is 6.54. The largest absolute Gasteiger partial charge is 0.368 e. The lowest BCUT2D eigenvalue weighted by Gasteiger charge is -2.38. The number of nitrogens with zero attached hydrogens (tertiary/aromatic N) is 4. The zero-order valence-electron chi connectivity index (χ0n) is 14.4. The highest BCUT2D eigenvalue weighted by Gasteiger charge is 2.22. The number of aromatic nitrogens is 2. The number of halogens is 1. The standard InChI is InChI=1S/C18H23ClN4O/c1-4-23-18(24)17(19)16(12-20-23)22-10-8-21(9-11-22)15-7-5-6-13(2)14(15)3/h5-7,12H,4,8-11H2,1-3H3. The summed E-state index contributed by atoms with van der Waals surface area (Å²) >= 11 is 6.28. The van der Waals surface area contributed by atoms with Crippen LogP contribution in [0.4, 0.5) is 11.4 Å². The first kappa shape index (κ1) is 16.8. The topological polar surface area (TPSA) is 41.4 Å². The van der Waals surface area contributed by atoms with Crippen molar-refractivity contribution in [1.82, 2.24) is 9.78 Å². The van der Waals surface area contributed by atoms with E-state index in [1.807, 2.05) is 6.92 Å². The summed E-state index contributed by atoms with van der Waals surface area (Å²) in [4.78, 5) is 16.7. The minimum atomic E-state index is -0.214. The summed E-state index contributed by atoms with van der Waals surface area (Å²) in [6.45, 7) is 10.2. The van der Waals surface area contributed by atoms with Gasteiger partial charge in [-0.15, -0.1) is 0 Å². The molecular formula is C18H23ClN4O. The Balaban J connectivity index is 1.77. The summed E-state index contributed by atoms with van der Waals surface area (Å²) in [5, 5.41) is 4.47. The number of rotatable bonds is 3. The highest BCUT2D eigenvalue weighted by molar-refractivity contribution is 6.33. The number of aryl methyl sites for hydroxylation is 2. The van der Waals surface area contributed by atoms with E-state index in [9.17, 15) is 4.79 Å². The molecule has 0 unspecified atom stereocenters. The normalized spacial score (nSPS) is 15.0. The monoisotopic (exact) mass is 346 g/mol. The number of anilines is 2. The molecule has 1 saturated heterocycles. The van der Waals surface area contributed by atoms with Crippen LogP contribution in [0.3, 0.4) is 0 Å². The van der Waals surface area contributed by atoms with E-state index in [2.05, 4.69) is 46.9 Å². The fourth-order valence-electron chi connectivity index (χ4n) is 3.17. The fraction of sp³-hybridized carbons (Fsp3) is 0.444. The summed E-state index contributed by atoms with van der Waals surface area (Å²) in [5.74, 6) is 0. The molecule has 0 saturated carbocycles. The molecule has 0 spiro atoms. The third-order valence-corrected chi connectivity index (χ3v) is 5.16. The fourth-order valence-corrected chi connectivity index (χ4v) is 3.43. The van der Waals surface area contributed by atoms with Gasteiger partial charge in [0.2, 0.25) is 0 Å². The first-order chi connectivity index (χ1) is 11.5. The first-order valence-electron chi connectivity index (χ1n) is 8.34. The van der Waals surface area contributed by atoms with Crippen molar-refractivity contribution in [2.75, 3.05) is 36.0 Å². The number of piperazine rings is 1. The van der Waals surface area contributed by atoms with Crippen molar-refractivity contribution in [3.63, 3.8) is 0 Å². The molecule has 2 aromatic rings. The Morgan fingerprint density at radius 3 is 2.33 bits per heavy atom. The number of hydrogen-bond donors (Lipinski definition) is 0. The first-order valence-corrected chi connectivity index (χ1v) is 8.72. The molecule has 0 atom stereocenters. The van der Waals surface area contributed by atoms with E-state index >= 15 is 0 Å². The smallest absolute Gasteiger partial charge is 0.287 e. The zero-order valence-corrected chi connectivity index (χ0v) is 15.2. The van der Waals surface area contributed by atoms with Crippen LogP contribution >= 0.6 is 11.6 Å². The molecule has 1 aromatic heterocycles. The Bertz CT molecular complexity index is 794. The third-order valence-electron chi connectivity index (χ3n) is 4.80. The van der Waals surface area contributed by atoms with E-state index in [-0.39, 0.29) is 10.6 Å². The third kappa shape index (κ3) is 3.00. The lowest BCUT2D eigenvalue weighted by Crippen LogP contribution is -2.47. The minimum Gasteiger partial charge on any atom is -0.368 e. The van der Waals surface area contributed by atoms with Crippen molar-refractivity contribution in [3.05, 3.63) is 50.9 Å². The average molecular weight is 347 g/mol. The van der Waals surface area contributed by atoms with Gasteiger partial charge in [0, 0.05) is 38.4 Å². The van der Waals surface area contributed by atoms with Gasteiger partial charge in [-0.3, -0.25) is 4.79 Å².